The van der Waals surface area contributed by atoms with Gasteiger partial charge in [-0.1, -0.05) is 55.1 Å². The third-order valence-corrected chi connectivity index (χ3v) is 8.08. The molecule has 152 valence electrons. The molecule has 0 aliphatic heterocycles. The van der Waals surface area contributed by atoms with E-state index in [-0.39, 0.29) is 9.52 Å². The van der Waals surface area contributed by atoms with Crippen molar-refractivity contribution in [3.05, 3.63) is 103 Å². The molecule has 0 bridgehead atoms. The molecule has 0 saturated heterocycles. The number of anilines is 3. The third-order valence-electron chi connectivity index (χ3n) is 5.64. The Kier molecular flexibility index (Phi) is 5.41. The van der Waals surface area contributed by atoms with E-state index in [0.717, 1.165) is 16.1 Å². The van der Waals surface area contributed by atoms with Gasteiger partial charge in [-0.05, 0) is 66.2 Å². The number of thiazole rings is 1. The molecule has 0 saturated carbocycles. The molecule has 0 fully saturated rings. The number of nitrogens with zero attached hydrogens (tertiary/aromatic N) is 2. The number of aryl methyl sites for hydroxylation is 1. The Morgan fingerprint density at radius 2 is 1.42 bits per heavy atom. The summed E-state index contributed by atoms with van der Waals surface area (Å²) in [7, 11) is -0.316. The van der Waals surface area contributed by atoms with E-state index in [4.69, 9.17) is 4.98 Å². The highest BCUT2D eigenvalue weighted by Crippen LogP contribution is 2.37. The van der Waals surface area contributed by atoms with Gasteiger partial charge >= 0.3 is 0 Å². The van der Waals surface area contributed by atoms with Crippen molar-refractivity contribution < 1.29 is 0 Å². The van der Waals surface area contributed by atoms with Crippen LogP contribution in [0.4, 0.5) is 17.1 Å². The van der Waals surface area contributed by atoms with Crippen molar-refractivity contribution in [2.24, 2.45) is 0 Å². The van der Waals surface area contributed by atoms with Gasteiger partial charge in [0.2, 0.25) is 0 Å². The Morgan fingerprint density at radius 1 is 0.742 bits per heavy atom. The number of hydrogen-bond acceptors (Lipinski definition) is 3. The Morgan fingerprint density at radius 3 is 2.16 bits per heavy atom. The van der Waals surface area contributed by atoms with Crippen molar-refractivity contribution in [3.63, 3.8) is 0 Å². The Labute approximate surface area is 189 Å². The summed E-state index contributed by atoms with van der Waals surface area (Å²) in [6, 6.07) is 34.6. The number of para-hydroxylation sites is 3. The molecular formula is C27H24N2SSi. The van der Waals surface area contributed by atoms with E-state index < -0.39 is 0 Å². The average molecular weight is 437 g/mol. The van der Waals surface area contributed by atoms with Gasteiger partial charge in [0, 0.05) is 22.6 Å². The summed E-state index contributed by atoms with van der Waals surface area (Å²) in [5, 5.41) is 2.54. The molecule has 0 radical (unpaired) electrons. The molecule has 0 aliphatic carbocycles. The highest BCUT2D eigenvalue weighted by Gasteiger charge is 2.17. The van der Waals surface area contributed by atoms with Crippen LogP contribution in [-0.2, 0) is 0 Å². The zero-order valence-corrected chi connectivity index (χ0v) is 20.0. The fourth-order valence-corrected chi connectivity index (χ4v) is 5.98. The second kappa shape index (κ2) is 8.50. The van der Waals surface area contributed by atoms with Crippen LogP contribution in [0.25, 0.3) is 20.8 Å². The molecule has 0 N–H and O–H groups in total. The number of benzene rings is 4. The number of fused-ring (bicyclic) bond motifs is 1. The zero-order chi connectivity index (χ0) is 21.2. The lowest BCUT2D eigenvalue weighted by atomic mass is 10.1. The summed E-state index contributed by atoms with van der Waals surface area (Å²) < 4.78 is 1.23. The van der Waals surface area contributed by atoms with Crippen LogP contribution in [0.15, 0.2) is 97.1 Å². The lowest BCUT2D eigenvalue weighted by Gasteiger charge is -2.29. The SMILES string of the molecule is C[SiH2]c1ccccc1N(c1ccc(-c2nc3ccccc3s2)cc1)c1ccccc1C. The minimum atomic E-state index is -0.316. The standard InChI is InChI=1S/C27H24N2SSi/c1-19-9-3-5-11-23(19)29(24-12-6-8-14-26(24)31-2)21-17-15-20(16-18-21)27-28-22-10-4-7-13-25(22)30-27/h3-18H,31H2,1-2H3. The molecule has 31 heavy (non-hydrogen) atoms. The maximum Gasteiger partial charge on any atom is 0.124 e. The van der Waals surface area contributed by atoms with Gasteiger partial charge in [0.15, 0.2) is 0 Å². The third kappa shape index (κ3) is 3.80. The van der Waals surface area contributed by atoms with E-state index in [1.807, 2.05) is 6.07 Å². The van der Waals surface area contributed by atoms with Crippen molar-refractivity contribution in [3.8, 4) is 10.6 Å². The van der Waals surface area contributed by atoms with E-state index in [9.17, 15) is 0 Å². The first-order chi connectivity index (χ1) is 15.2. The van der Waals surface area contributed by atoms with Crippen LogP contribution in [0.1, 0.15) is 5.56 Å². The number of rotatable bonds is 5. The van der Waals surface area contributed by atoms with Crippen LogP contribution in [-0.4, -0.2) is 14.5 Å². The predicted molar refractivity (Wildman–Crippen MR) is 139 cm³/mol. The van der Waals surface area contributed by atoms with Gasteiger partial charge in [-0.3, -0.25) is 0 Å². The fraction of sp³-hybridized carbons (Fsp3) is 0.0741. The fourth-order valence-electron chi connectivity index (χ4n) is 4.00. The molecule has 0 amide bonds. The summed E-state index contributed by atoms with van der Waals surface area (Å²) in [6.45, 7) is 4.54. The molecule has 0 unspecified atom stereocenters. The molecule has 2 nitrogen and oxygen atoms in total. The molecule has 0 spiro atoms. The normalized spacial score (nSPS) is 11.4. The van der Waals surface area contributed by atoms with Gasteiger partial charge in [0.25, 0.3) is 0 Å². The van der Waals surface area contributed by atoms with Crippen LogP contribution < -0.4 is 10.1 Å². The second-order valence-electron chi connectivity index (χ2n) is 7.64. The molecule has 4 aromatic carbocycles. The summed E-state index contributed by atoms with van der Waals surface area (Å²) >= 11 is 1.75. The van der Waals surface area contributed by atoms with Gasteiger partial charge in [-0.25, -0.2) is 4.98 Å². The van der Waals surface area contributed by atoms with Crippen molar-refractivity contribution in [2.75, 3.05) is 4.90 Å². The lowest BCUT2D eigenvalue weighted by Crippen LogP contribution is -2.22. The quantitative estimate of drug-likeness (QED) is 0.289. The number of aromatic nitrogens is 1. The molecule has 5 aromatic rings. The minimum Gasteiger partial charge on any atom is -0.310 e. The molecule has 0 atom stereocenters. The second-order valence-corrected chi connectivity index (χ2v) is 10.1. The lowest BCUT2D eigenvalue weighted by molar-refractivity contribution is 1.26. The van der Waals surface area contributed by atoms with Crippen LogP contribution in [0, 0.1) is 6.92 Å². The molecule has 0 aliphatic rings. The Balaban J connectivity index is 1.60. The van der Waals surface area contributed by atoms with Crippen molar-refractivity contribution in [1.29, 1.82) is 0 Å². The van der Waals surface area contributed by atoms with Gasteiger partial charge in [0.05, 0.1) is 19.7 Å². The first kappa shape index (κ1) is 19.7. The monoisotopic (exact) mass is 436 g/mol. The van der Waals surface area contributed by atoms with E-state index in [1.54, 1.807) is 11.3 Å². The van der Waals surface area contributed by atoms with E-state index in [2.05, 4.69) is 109 Å². The van der Waals surface area contributed by atoms with Crippen molar-refractivity contribution in [1.82, 2.24) is 4.98 Å². The van der Waals surface area contributed by atoms with Gasteiger partial charge in [-0.2, -0.15) is 0 Å². The minimum absolute atomic E-state index is 0.316. The van der Waals surface area contributed by atoms with Crippen LogP contribution >= 0.6 is 11.3 Å². The van der Waals surface area contributed by atoms with E-state index in [0.29, 0.717) is 0 Å². The van der Waals surface area contributed by atoms with Crippen LogP contribution in [0.2, 0.25) is 6.55 Å². The average Bonchev–Trinajstić information content (AvgIpc) is 3.26. The van der Waals surface area contributed by atoms with Crippen LogP contribution in [0.5, 0.6) is 0 Å². The predicted octanol–water partition coefficient (Wildman–Crippen LogP) is 6.58. The summed E-state index contributed by atoms with van der Waals surface area (Å²) in [6.07, 6.45) is 0. The molecule has 5 rings (SSSR count). The Bertz CT molecular complexity index is 1310. The zero-order valence-electron chi connectivity index (χ0n) is 17.7. The van der Waals surface area contributed by atoms with Gasteiger partial charge in [-0.15, -0.1) is 11.3 Å². The molecule has 1 aromatic heterocycles. The van der Waals surface area contributed by atoms with Crippen LogP contribution in [0.3, 0.4) is 0 Å². The smallest absolute Gasteiger partial charge is 0.124 e. The maximum atomic E-state index is 4.83. The molecule has 4 heteroatoms. The van der Waals surface area contributed by atoms with E-state index in [1.165, 1.54) is 32.5 Å². The van der Waals surface area contributed by atoms with Crippen molar-refractivity contribution in [2.45, 2.75) is 13.5 Å². The number of hydrogen-bond donors (Lipinski definition) is 0. The summed E-state index contributed by atoms with van der Waals surface area (Å²) in [4.78, 5) is 7.23. The molecular weight excluding hydrogens is 412 g/mol. The van der Waals surface area contributed by atoms with Gasteiger partial charge < -0.3 is 4.90 Å². The van der Waals surface area contributed by atoms with Crippen molar-refractivity contribution >= 4 is 53.3 Å². The molecule has 1 heterocycles. The topological polar surface area (TPSA) is 16.1 Å². The largest absolute Gasteiger partial charge is 0.310 e. The first-order valence-corrected chi connectivity index (χ1v) is 13.6. The Hall–Kier alpha value is -3.21. The first-order valence-electron chi connectivity index (χ1n) is 10.6. The highest BCUT2D eigenvalue weighted by molar-refractivity contribution is 7.21. The maximum absolute atomic E-state index is 4.83. The summed E-state index contributed by atoms with van der Waals surface area (Å²) in [5.41, 5.74) is 7.19. The van der Waals surface area contributed by atoms with E-state index >= 15 is 0 Å². The highest BCUT2D eigenvalue weighted by atomic mass is 32.1. The summed E-state index contributed by atoms with van der Waals surface area (Å²) in [5.74, 6) is 0. The van der Waals surface area contributed by atoms with Gasteiger partial charge in [0.1, 0.15) is 5.01 Å².